The molecule has 0 saturated carbocycles. The quantitative estimate of drug-likeness (QED) is 0.692. The van der Waals surface area contributed by atoms with Crippen molar-refractivity contribution in [1.29, 1.82) is 0 Å². The van der Waals surface area contributed by atoms with E-state index in [9.17, 15) is 9.59 Å². The van der Waals surface area contributed by atoms with E-state index >= 15 is 0 Å². The maximum Gasteiger partial charge on any atom is 0.251 e. The van der Waals surface area contributed by atoms with Gasteiger partial charge in [-0.15, -0.1) is 0 Å². The van der Waals surface area contributed by atoms with Crippen molar-refractivity contribution >= 4 is 40.0 Å². The lowest BCUT2D eigenvalue weighted by molar-refractivity contribution is -0.121. The van der Waals surface area contributed by atoms with Gasteiger partial charge in [-0.1, -0.05) is 31.5 Å². The highest BCUT2D eigenvalue weighted by Crippen LogP contribution is 2.22. The standard InChI is InChI=1S/C21H22ClN3O2/c1-13(2)19(24-20(26)15-4-7-16(22)8-5-15)21(27)25(3)17-9-6-14-10-11-23-18(14)12-17/h4-13,19,23H,1-3H3,(H,24,26)/t19-/m1/s1. The Morgan fingerprint density at radius 1 is 1.07 bits per heavy atom. The highest BCUT2D eigenvalue weighted by atomic mass is 35.5. The van der Waals surface area contributed by atoms with Gasteiger partial charge in [0.2, 0.25) is 5.91 Å². The molecular formula is C21H22ClN3O2. The number of hydrogen-bond donors (Lipinski definition) is 2. The third kappa shape index (κ3) is 4.14. The van der Waals surface area contributed by atoms with Crippen LogP contribution in [0.3, 0.4) is 0 Å². The van der Waals surface area contributed by atoms with Gasteiger partial charge in [0, 0.05) is 35.0 Å². The Balaban J connectivity index is 1.79. The van der Waals surface area contributed by atoms with E-state index in [-0.39, 0.29) is 17.7 Å². The molecule has 0 fully saturated rings. The van der Waals surface area contributed by atoms with Crippen LogP contribution in [0.5, 0.6) is 0 Å². The molecule has 2 N–H and O–H groups in total. The summed E-state index contributed by atoms with van der Waals surface area (Å²) in [4.78, 5) is 30.3. The summed E-state index contributed by atoms with van der Waals surface area (Å²) in [7, 11) is 1.72. The molecule has 0 aliphatic heterocycles. The number of nitrogens with zero attached hydrogens (tertiary/aromatic N) is 1. The number of likely N-dealkylation sites (N-methyl/N-ethyl adjacent to an activating group) is 1. The van der Waals surface area contributed by atoms with Crippen molar-refractivity contribution in [3.8, 4) is 0 Å². The van der Waals surface area contributed by atoms with Crippen molar-refractivity contribution in [3.63, 3.8) is 0 Å². The second-order valence-electron chi connectivity index (χ2n) is 6.85. The molecule has 0 spiro atoms. The number of carbonyl (C=O) groups is 2. The largest absolute Gasteiger partial charge is 0.361 e. The van der Waals surface area contributed by atoms with E-state index in [1.807, 2.05) is 44.3 Å². The molecular weight excluding hydrogens is 362 g/mol. The molecule has 140 valence electrons. The number of halogens is 1. The van der Waals surface area contributed by atoms with Crippen LogP contribution in [0.15, 0.2) is 54.7 Å². The number of carbonyl (C=O) groups excluding carboxylic acids is 2. The van der Waals surface area contributed by atoms with Crippen LogP contribution < -0.4 is 10.2 Å². The van der Waals surface area contributed by atoms with Crippen molar-refractivity contribution < 1.29 is 9.59 Å². The monoisotopic (exact) mass is 383 g/mol. The van der Waals surface area contributed by atoms with Crippen LogP contribution in [0.4, 0.5) is 5.69 Å². The number of H-pyrrole nitrogens is 1. The number of benzene rings is 2. The molecule has 5 nitrogen and oxygen atoms in total. The van der Waals surface area contributed by atoms with Crippen molar-refractivity contribution in [2.45, 2.75) is 19.9 Å². The average Bonchev–Trinajstić information content (AvgIpc) is 3.12. The number of hydrogen-bond acceptors (Lipinski definition) is 2. The first-order chi connectivity index (χ1) is 12.9. The van der Waals surface area contributed by atoms with Crippen LogP contribution in [0, 0.1) is 5.92 Å². The summed E-state index contributed by atoms with van der Waals surface area (Å²) in [6.07, 6.45) is 1.86. The fraction of sp³-hybridized carbons (Fsp3) is 0.238. The van der Waals surface area contributed by atoms with Crippen LogP contribution in [-0.2, 0) is 4.79 Å². The average molecular weight is 384 g/mol. The Labute approximate surface area is 163 Å². The van der Waals surface area contributed by atoms with Gasteiger partial charge in [0.05, 0.1) is 0 Å². The fourth-order valence-corrected chi connectivity index (χ4v) is 3.05. The molecule has 3 aromatic rings. The molecule has 2 amide bonds. The summed E-state index contributed by atoms with van der Waals surface area (Å²) in [6.45, 7) is 3.82. The number of fused-ring (bicyclic) bond motifs is 1. The van der Waals surface area contributed by atoms with E-state index in [0.717, 1.165) is 16.6 Å². The van der Waals surface area contributed by atoms with E-state index < -0.39 is 6.04 Å². The number of aromatic amines is 1. The summed E-state index contributed by atoms with van der Waals surface area (Å²) < 4.78 is 0. The third-order valence-electron chi connectivity index (χ3n) is 4.58. The van der Waals surface area contributed by atoms with Gasteiger partial charge in [0.25, 0.3) is 5.91 Å². The van der Waals surface area contributed by atoms with Crippen molar-refractivity contribution in [3.05, 3.63) is 65.3 Å². The Morgan fingerprint density at radius 2 is 1.78 bits per heavy atom. The Hall–Kier alpha value is -2.79. The first-order valence-corrected chi connectivity index (χ1v) is 9.16. The van der Waals surface area contributed by atoms with Gasteiger partial charge in [-0.25, -0.2) is 0 Å². The molecule has 0 unspecified atom stereocenters. The van der Waals surface area contributed by atoms with Crippen LogP contribution >= 0.6 is 11.6 Å². The van der Waals surface area contributed by atoms with Gasteiger partial charge in [-0.2, -0.15) is 0 Å². The summed E-state index contributed by atoms with van der Waals surface area (Å²) in [5.41, 5.74) is 2.19. The zero-order valence-corrected chi connectivity index (χ0v) is 16.2. The van der Waals surface area contributed by atoms with Gasteiger partial charge < -0.3 is 15.2 Å². The summed E-state index contributed by atoms with van der Waals surface area (Å²) >= 11 is 5.87. The molecule has 1 aromatic heterocycles. The molecule has 0 aliphatic carbocycles. The van der Waals surface area contributed by atoms with Crippen LogP contribution in [0.2, 0.25) is 5.02 Å². The Bertz CT molecular complexity index is 963. The molecule has 6 heteroatoms. The minimum absolute atomic E-state index is 0.0644. The van der Waals surface area contributed by atoms with Crippen LogP contribution in [0.1, 0.15) is 24.2 Å². The van der Waals surface area contributed by atoms with Gasteiger partial charge in [-0.3, -0.25) is 9.59 Å². The molecule has 0 aliphatic rings. The molecule has 1 heterocycles. The summed E-state index contributed by atoms with van der Waals surface area (Å²) in [5.74, 6) is -0.532. The topological polar surface area (TPSA) is 65.2 Å². The lowest BCUT2D eigenvalue weighted by Gasteiger charge is -2.27. The smallest absolute Gasteiger partial charge is 0.251 e. The molecule has 0 saturated heterocycles. The molecule has 0 radical (unpaired) electrons. The first-order valence-electron chi connectivity index (χ1n) is 8.78. The Kier molecular flexibility index (Phi) is 5.51. The second kappa shape index (κ2) is 7.84. The maximum atomic E-state index is 13.1. The molecule has 27 heavy (non-hydrogen) atoms. The second-order valence-corrected chi connectivity index (χ2v) is 7.28. The highest BCUT2D eigenvalue weighted by Gasteiger charge is 2.28. The number of amides is 2. The predicted octanol–water partition coefficient (Wildman–Crippen LogP) is 4.24. The van der Waals surface area contributed by atoms with Crippen molar-refractivity contribution in [1.82, 2.24) is 10.3 Å². The van der Waals surface area contributed by atoms with Crippen molar-refractivity contribution in [2.24, 2.45) is 5.92 Å². The van der Waals surface area contributed by atoms with Gasteiger partial charge >= 0.3 is 0 Å². The lowest BCUT2D eigenvalue weighted by atomic mass is 10.0. The number of rotatable bonds is 5. The molecule has 3 rings (SSSR count). The van der Waals surface area contributed by atoms with E-state index in [1.165, 1.54) is 0 Å². The zero-order chi connectivity index (χ0) is 19.6. The van der Waals surface area contributed by atoms with E-state index in [2.05, 4.69) is 10.3 Å². The van der Waals surface area contributed by atoms with E-state index in [1.54, 1.807) is 36.2 Å². The van der Waals surface area contributed by atoms with E-state index in [0.29, 0.717) is 10.6 Å². The predicted molar refractivity (Wildman–Crippen MR) is 109 cm³/mol. The number of anilines is 1. The first kappa shape index (κ1) is 19.0. The van der Waals surface area contributed by atoms with Gasteiger partial charge in [0.15, 0.2) is 0 Å². The van der Waals surface area contributed by atoms with Crippen LogP contribution in [-0.4, -0.2) is 29.9 Å². The van der Waals surface area contributed by atoms with Gasteiger partial charge in [-0.05, 0) is 53.8 Å². The lowest BCUT2D eigenvalue weighted by Crippen LogP contribution is -2.50. The minimum Gasteiger partial charge on any atom is -0.361 e. The molecule has 1 atom stereocenters. The SMILES string of the molecule is CC(C)[C@@H](NC(=O)c1ccc(Cl)cc1)C(=O)N(C)c1ccc2cc[nH]c2c1. The third-order valence-corrected chi connectivity index (χ3v) is 4.83. The van der Waals surface area contributed by atoms with Gasteiger partial charge in [0.1, 0.15) is 6.04 Å². The maximum absolute atomic E-state index is 13.1. The zero-order valence-electron chi connectivity index (χ0n) is 15.5. The summed E-state index contributed by atoms with van der Waals surface area (Å²) in [5, 5.41) is 4.49. The van der Waals surface area contributed by atoms with Crippen molar-refractivity contribution in [2.75, 3.05) is 11.9 Å². The molecule has 0 bridgehead atoms. The molecule has 2 aromatic carbocycles. The normalized spacial score (nSPS) is 12.2. The summed E-state index contributed by atoms with van der Waals surface area (Å²) in [6, 6.07) is 13.7. The number of nitrogens with one attached hydrogen (secondary N) is 2. The fourth-order valence-electron chi connectivity index (χ4n) is 2.92. The van der Waals surface area contributed by atoms with Crippen LogP contribution in [0.25, 0.3) is 10.9 Å². The highest BCUT2D eigenvalue weighted by molar-refractivity contribution is 6.30. The number of aromatic nitrogens is 1. The Morgan fingerprint density at radius 3 is 2.44 bits per heavy atom. The minimum atomic E-state index is -0.641. The van der Waals surface area contributed by atoms with E-state index in [4.69, 9.17) is 11.6 Å².